The topological polar surface area (TPSA) is 64.3 Å². The SMILES string of the molecule is COc1ccc(-c2cc(C(=O)O)nn2Cc2ccc(C)cc2)cc1. The summed E-state index contributed by atoms with van der Waals surface area (Å²) in [6.45, 7) is 2.54. The molecule has 0 atom stereocenters. The molecule has 0 amide bonds. The number of carbonyl (C=O) groups is 1. The van der Waals surface area contributed by atoms with Crippen LogP contribution in [0.5, 0.6) is 5.75 Å². The van der Waals surface area contributed by atoms with Crippen molar-refractivity contribution in [2.45, 2.75) is 13.5 Å². The van der Waals surface area contributed by atoms with Crippen molar-refractivity contribution in [2.75, 3.05) is 7.11 Å². The number of hydrogen-bond donors (Lipinski definition) is 1. The summed E-state index contributed by atoms with van der Waals surface area (Å²) in [6.07, 6.45) is 0. The normalized spacial score (nSPS) is 10.6. The van der Waals surface area contributed by atoms with Gasteiger partial charge in [-0.05, 0) is 42.8 Å². The molecule has 5 nitrogen and oxygen atoms in total. The first-order valence-electron chi connectivity index (χ1n) is 7.58. The summed E-state index contributed by atoms with van der Waals surface area (Å²) in [7, 11) is 1.61. The van der Waals surface area contributed by atoms with Crippen LogP contribution in [0.4, 0.5) is 0 Å². The molecular weight excluding hydrogens is 304 g/mol. The number of aromatic nitrogens is 2. The third-order valence-corrected chi connectivity index (χ3v) is 3.84. The molecule has 122 valence electrons. The first kappa shape index (κ1) is 15.8. The second kappa shape index (κ2) is 6.58. The Labute approximate surface area is 140 Å². The molecule has 1 N–H and O–H groups in total. The van der Waals surface area contributed by atoms with Crippen molar-refractivity contribution in [3.8, 4) is 17.0 Å². The monoisotopic (exact) mass is 322 g/mol. The fourth-order valence-electron chi connectivity index (χ4n) is 2.50. The standard InChI is InChI=1S/C19H18N2O3/c1-13-3-5-14(6-4-13)12-21-18(11-17(20-21)19(22)23)15-7-9-16(24-2)10-8-15/h3-11H,12H2,1-2H3,(H,22,23). The van der Waals surface area contributed by atoms with E-state index in [9.17, 15) is 9.90 Å². The number of ether oxygens (including phenoxy) is 1. The lowest BCUT2D eigenvalue weighted by atomic mass is 10.1. The Morgan fingerprint density at radius 3 is 2.38 bits per heavy atom. The lowest BCUT2D eigenvalue weighted by Crippen LogP contribution is -2.06. The van der Waals surface area contributed by atoms with Crippen LogP contribution in [0.2, 0.25) is 0 Å². The molecular formula is C19H18N2O3. The summed E-state index contributed by atoms with van der Waals surface area (Å²) in [5, 5.41) is 13.5. The van der Waals surface area contributed by atoms with Crippen LogP contribution in [0, 0.1) is 6.92 Å². The van der Waals surface area contributed by atoms with Crippen molar-refractivity contribution in [3.05, 3.63) is 71.4 Å². The van der Waals surface area contributed by atoms with E-state index in [2.05, 4.69) is 5.10 Å². The Morgan fingerprint density at radius 2 is 1.79 bits per heavy atom. The van der Waals surface area contributed by atoms with Crippen LogP contribution < -0.4 is 4.74 Å². The van der Waals surface area contributed by atoms with Crippen LogP contribution in [0.1, 0.15) is 21.6 Å². The van der Waals surface area contributed by atoms with Gasteiger partial charge in [-0.3, -0.25) is 4.68 Å². The molecule has 0 saturated heterocycles. The Morgan fingerprint density at radius 1 is 1.12 bits per heavy atom. The Balaban J connectivity index is 2.00. The number of hydrogen-bond acceptors (Lipinski definition) is 3. The Kier molecular flexibility index (Phi) is 4.33. The molecule has 0 aliphatic rings. The largest absolute Gasteiger partial charge is 0.497 e. The molecule has 0 fully saturated rings. The lowest BCUT2D eigenvalue weighted by Gasteiger charge is -2.09. The third kappa shape index (κ3) is 3.30. The van der Waals surface area contributed by atoms with Gasteiger partial charge in [0.2, 0.25) is 0 Å². The van der Waals surface area contributed by atoms with Crippen LogP contribution in [-0.4, -0.2) is 28.0 Å². The Bertz CT molecular complexity index is 849. The van der Waals surface area contributed by atoms with Crippen molar-refractivity contribution in [3.63, 3.8) is 0 Å². The molecule has 24 heavy (non-hydrogen) atoms. The van der Waals surface area contributed by atoms with Crippen LogP contribution in [0.3, 0.4) is 0 Å². The van der Waals surface area contributed by atoms with Crippen LogP contribution in [0.15, 0.2) is 54.6 Å². The highest BCUT2D eigenvalue weighted by Gasteiger charge is 2.15. The molecule has 0 radical (unpaired) electrons. The van der Waals surface area contributed by atoms with Crippen molar-refractivity contribution in [1.82, 2.24) is 9.78 Å². The van der Waals surface area contributed by atoms with Gasteiger partial charge < -0.3 is 9.84 Å². The maximum Gasteiger partial charge on any atom is 0.356 e. The number of carboxylic acids is 1. The zero-order valence-corrected chi connectivity index (χ0v) is 13.6. The predicted molar refractivity (Wildman–Crippen MR) is 91.5 cm³/mol. The van der Waals surface area contributed by atoms with Gasteiger partial charge in [0.05, 0.1) is 19.3 Å². The number of methoxy groups -OCH3 is 1. The van der Waals surface area contributed by atoms with Gasteiger partial charge in [0.1, 0.15) is 5.75 Å². The van der Waals surface area contributed by atoms with E-state index in [0.717, 1.165) is 22.6 Å². The van der Waals surface area contributed by atoms with Gasteiger partial charge in [-0.25, -0.2) is 4.79 Å². The third-order valence-electron chi connectivity index (χ3n) is 3.84. The van der Waals surface area contributed by atoms with E-state index >= 15 is 0 Å². The molecule has 1 heterocycles. The summed E-state index contributed by atoms with van der Waals surface area (Å²) in [5.74, 6) is -0.283. The minimum absolute atomic E-state index is 0.0351. The number of aromatic carboxylic acids is 1. The van der Waals surface area contributed by atoms with Crippen molar-refractivity contribution in [2.24, 2.45) is 0 Å². The summed E-state index contributed by atoms with van der Waals surface area (Å²) < 4.78 is 6.89. The molecule has 0 aliphatic heterocycles. The first-order valence-corrected chi connectivity index (χ1v) is 7.58. The van der Waals surface area contributed by atoms with Gasteiger partial charge in [0.25, 0.3) is 0 Å². The quantitative estimate of drug-likeness (QED) is 0.779. The first-order chi connectivity index (χ1) is 11.6. The van der Waals surface area contributed by atoms with E-state index < -0.39 is 5.97 Å². The van der Waals surface area contributed by atoms with Crippen LogP contribution in [0.25, 0.3) is 11.3 Å². The molecule has 5 heteroatoms. The second-order valence-electron chi connectivity index (χ2n) is 5.59. The molecule has 0 bridgehead atoms. The summed E-state index contributed by atoms with van der Waals surface area (Å²) in [4.78, 5) is 11.3. The molecule has 0 saturated carbocycles. The average molecular weight is 322 g/mol. The Hall–Kier alpha value is -3.08. The van der Waals surface area contributed by atoms with E-state index in [1.54, 1.807) is 17.9 Å². The van der Waals surface area contributed by atoms with E-state index in [0.29, 0.717) is 6.54 Å². The van der Waals surface area contributed by atoms with Gasteiger partial charge >= 0.3 is 5.97 Å². The number of aryl methyl sites for hydroxylation is 1. The van der Waals surface area contributed by atoms with E-state index in [1.807, 2.05) is 55.5 Å². The summed E-state index contributed by atoms with van der Waals surface area (Å²) in [6, 6.07) is 17.2. The van der Waals surface area contributed by atoms with Crippen molar-refractivity contribution in [1.29, 1.82) is 0 Å². The molecule has 3 aromatic rings. The minimum Gasteiger partial charge on any atom is -0.497 e. The fourth-order valence-corrected chi connectivity index (χ4v) is 2.50. The zero-order valence-electron chi connectivity index (χ0n) is 13.6. The lowest BCUT2D eigenvalue weighted by molar-refractivity contribution is 0.0689. The van der Waals surface area contributed by atoms with Crippen LogP contribution >= 0.6 is 0 Å². The number of benzene rings is 2. The zero-order chi connectivity index (χ0) is 17.1. The second-order valence-corrected chi connectivity index (χ2v) is 5.59. The molecule has 2 aromatic carbocycles. The van der Waals surface area contributed by atoms with Gasteiger partial charge in [-0.1, -0.05) is 29.8 Å². The van der Waals surface area contributed by atoms with Gasteiger partial charge in [0, 0.05) is 5.56 Å². The van der Waals surface area contributed by atoms with Crippen LogP contribution in [-0.2, 0) is 6.54 Å². The highest BCUT2D eigenvalue weighted by atomic mass is 16.5. The van der Waals surface area contributed by atoms with Crippen molar-refractivity contribution < 1.29 is 14.6 Å². The number of nitrogens with zero attached hydrogens (tertiary/aromatic N) is 2. The number of carboxylic acid groups (broad SMARTS) is 1. The average Bonchev–Trinajstić information content (AvgIpc) is 3.01. The summed E-state index contributed by atoms with van der Waals surface area (Å²) in [5.41, 5.74) is 3.93. The van der Waals surface area contributed by atoms with E-state index in [-0.39, 0.29) is 5.69 Å². The van der Waals surface area contributed by atoms with E-state index in [1.165, 1.54) is 5.56 Å². The molecule has 3 rings (SSSR count). The minimum atomic E-state index is -1.03. The highest BCUT2D eigenvalue weighted by molar-refractivity contribution is 5.87. The predicted octanol–water partition coefficient (Wildman–Crippen LogP) is 3.61. The fraction of sp³-hybridized carbons (Fsp3) is 0.158. The maximum atomic E-state index is 11.3. The van der Waals surface area contributed by atoms with Gasteiger partial charge in [0.15, 0.2) is 5.69 Å². The van der Waals surface area contributed by atoms with Gasteiger partial charge in [-0.2, -0.15) is 5.10 Å². The maximum absolute atomic E-state index is 11.3. The molecule has 0 aliphatic carbocycles. The molecule has 0 spiro atoms. The number of rotatable bonds is 5. The molecule has 0 unspecified atom stereocenters. The smallest absolute Gasteiger partial charge is 0.356 e. The summed E-state index contributed by atoms with van der Waals surface area (Å²) >= 11 is 0. The van der Waals surface area contributed by atoms with Gasteiger partial charge in [-0.15, -0.1) is 0 Å². The van der Waals surface area contributed by atoms with Crippen molar-refractivity contribution >= 4 is 5.97 Å². The van der Waals surface area contributed by atoms with E-state index in [4.69, 9.17) is 4.74 Å². The molecule has 1 aromatic heterocycles. The highest BCUT2D eigenvalue weighted by Crippen LogP contribution is 2.24.